The molecule has 0 saturated carbocycles. The number of alkyl halides is 2. The Morgan fingerprint density at radius 1 is 1.67 bits per heavy atom. The molecule has 0 bridgehead atoms. The largest absolute Gasteiger partial charge is 0.469 e. The maximum Gasteiger partial charge on any atom is 0.367 e. The van der Waals surface area contributed by atoms with Crippen LogP contribution in [-0.2, 0) is 16.0 Å². The predicted octanol–water partition coefficient (Wildman–Crippen LogP) is 2.41. The standard InChI is InChI=1S/C9H7BrF2N2O4/c1-18-6(15)3-4-2-5(10)7(8(11)12)13-9(4)14(16)17/h2,8H,3H2,1H3. The van der Waals surface area contributed by atoms with Crippen molar-refractivity contribution >= 4 is 27.7 Å². The number of carbonyl (C=O) groups is 1. The van der Waals surface area contributed by atoms with E-state index in [4.69, 9.17) is 0 Å². The van der Waals surface area contributed by atoms with Crippen LogP contribution in [0.5, 0.6) is 0 Å². The Labute approximate surface area is 108 Å². The lowest BCUT2D eigenvalue weighted by atomic mass is 10.1. The minimum absolute atomic E-state index is 0.0943. The summed E-state index contributed by atoms with van der Waals surface area (Å²) in [5, 5.41) is 10.7. The van der Waals surface area contributed by atoms with Crippen LogP contribution in [0.1, 0.15) is 17.7 Å². The van der Waals surface area contributed by atoms with Crippen LogP contribution in [0.2, 0.25) is 0 Å². The number of pyridine rings is 1. The van der Waals surface area contributed by atoms with E-state index in [0.717, 1.165) is 13.2 Å². The van der Waals surface area contributed by atoms with Crippen molar-refractivity contribution in [2.75, 3.05) is 7.11 Å². The first-order valence-electron chi connectivity index (χ1n) is 4.55. The second kappa shape index (κ2) is 5.80. The van der Waals surface area contributed by atoms with Gasteiger partial charge < -0.3 is 14.9 Å². The van der Waals surface area contributed by atoms with Gasteiger partial charge in [0, 0.05) is 0 Å². The van der Waals surface area contributed by atoms with Crippen LogP contribution in [-0.4, -0.2) is 23.0 Å². The number of nitrogens with zero attached hydrogens (tertiary/aromatic N) is 2. The molecule has 0 spiro atoms. The van der Waals surface area contributed by atoms with Crippen molar-refractivity contribution in [2.24, 2.45) is 0 Å². The minimum atomic E-state index is -2.95. The molecule has 1 rings (SSSR count). The number of halogens is 3. The first kappa shape index (κ1) is 14.4. The zero-order chi connectivity index (χ0) is 13.9. The number of ether oxygens (including phenoxy) is 1. The topological polar surface area (TPSA) is 82.3 Å². The molecule has 0 aliphatic heterocycles. The van der Waals surface area contributed by atoms with E-state index >= 15 is 0 Å². The molecule has 1 heterocycles. The van der Waals surface area contributed by atoms with Gasteiger partial charge in [0.2, 0.25) is 5.69 Å². The number of aromatic nitrogens is 1. The van der Waals surface area contributed by atoms with Gasteiger partial charge in [0.15, 0.2) is 0 Å². The van der Waals surface area contributed by atoms with E-state index in [-0.39, 0.29) is 10.0 Å². The fraction of sp³-hybridized carbons (Fsp3) is 0.333. The van der Waals surface area contributed by atoms with Crippen LogP contribution >= 0.6 is 15.9 Å². The number of carbonyl (C=O) groups excluding carboxylic acids is 1. The zero-order valence-electron chi connectivity index (χ0n) is 9.02. The normalized spacial score (nSPS) is 10.5. The molecule has 1 aromatic heterocycles. The van der Waals surface area contributed by atoms with E-state index < -0.39 is 35.3 Å². The summed E-state index contributed by atoms with van der Waals surface area (Å²) in [6.45, 7) is 0. The Balaban J connectivity index is 3.29. The summed E-state index contributed by atoms with van der Waals surface area (Å²) >= 11 is 2.83. The lowest BCUT2D eigenvalue weighted by molar-refractivity contribution is -0.390. The van der Waals surface area contributed by atoms with Gasteiger partial charge in [-0.05, 0) is 31.9 Å². The molecule has 0 aliphatic rings. The zero-order valence-corrected chi connectivity index (χ0v) is 10.6. The van der Waals surface area contributed by atoms with Crippen molar-refractivity contribution in [1.82, 2.24) is 4.98 Å². The molecular weight excluding hydrogens is 318 g/mol. The lowest BCUT2D eigenvalue weighted by Crippen LogP contribution is -2.09. The van der Waals surface area contributed by atoms with Crippen LogP contribution in [0.25, 0.3) is 0 Å². The predicted molar refractivity (Wildman–Crippen MR) is 59.3 cm³/mol. The molecule has 18 heavy (non-hydrogen) atoms. The third-order valence-electron chi connectivity index (χ3n) is 2.00. The van der Waals surface area contributed by atoms with Gasteiger partial charge in [-0.25, -0.2) is 8.78 Å². The molecule has 1 aromatic rings. The van der Waals surface area contributed by atoms with Crippen LogP contribution in [0.3, 0.4) is 0 Å². The molecular formula is C9H7BrF2N2O4. The van der Waals surface area contributed by atoms with Crippen LogP contribution < -0.4 is 0 Å². The van der Waals surface area contributed by atoms with E-state index in [1.165, 1.54) is 0 Å². The Morgan fingerprint density at radius 2 is 2.28 bits per heavy atom. The van der Waals surface area contributed by atoms with Gasteiger partial charge in [-0.1, -0.05) is 0 Å². The van der Waals surface area contributed by atoms with Crippen LogP contribution in [0.4, 0.5) is 14.6 Å². The van der Waals surface area contributed by atoms with Crippen LogP contribution in [0.15, 0.2) is 10.5 Å². The van der Waals surface area contributed by atoms with Crippen molar-refractivity contribution in [2.45, 2.75) is 12.8 Å². The van der Waals surface area contributed by atoms with Gasteiger partial charge in [0.05, 0.1) is 23.6 Å². The van der Waals surface area contributed by atoms with Gasteiger partial charge in [0.25, 0.3) is 0 Å². The first-order chi connectivity index (χ1) is 8.36. The number of hydrogen-bond acceptors (Lipinski definition) is 5. The second-order valence-corrected chi connectivity index (χ2v) is 4.00. The highest BCUT2D eigenvalue weighted by Gasteiger charge is 2.27. The van der Waals surface area contributed by atoms with Gasteiger partial charge in [0.1, 0.15) is 0 Å². The Kier molecular flexibility index (Phi) is 4.65. The van der Waals surface area contributed by atoms with E-state index in [9.17, 15) is 23.7 Å². The SMILES string of the molecule is COC(=O)Cc1cc(Br)c(C(F)F)nc1[N+](=O)[O-]. The summed E-state index contributed by atoms with van der Waals surface area (Å²) in [6.07, 6.45) is -3.37. The molecule has 0 atom stereocenters. The van der Waals surface area contributed by atoms with E-state index in [2.05, 4.69) is 25.7 Å². The molecule has 6 nitrogen and oxygen atoms in total. The molecule has 0 saturated heterocycles. The second-order valence-electron chi connectivity index (χ2n) is 3.15. The van der Waals surface area contributed by atoms with Crippen molar-refractivity contribution < 1.29 is 23.2 Å². The number of nitro groups is 1. The molecule has 98 valence electrons. The van der Waals surface area contributed by atoms with Crippen LogP contribution in [0, 0.1) is 10.1 Å². The van der Waals surface area contributed by atoms with Gasteiger partial charge >= 0.3 is 18.2 Å². The summed E-state index contributed by atoms with van der Waals surface area (Å²) in [4.78, 5) is 24.1. The number of rotatable bonds is 4. The smallest absolute Gasteiger partial charge is 0.367 e. The molecule has 0 aromatic carbocycles. The summed E-state index contributed by atoms with van der Waals surface area (Å²) in [5.41, 5.74) is -0.835. The highest BCUT2D eigenvalue weighted by molar-refractivity contribution is 9.10. The molecule has 0 N–H and O–H groups in total. The minimum Gasteiger partial charge on any atom is -0.469 e. The molecule has 0 unspecified atom stereocenters. The van der Waals surface area contributed by atoms with Gasteiger partial charge in [-0.2, -0.15) is 0 Å². The fourth-order valence-corrected chi connectivity index (χ4v) is 1.74. The average Bonchev–Trinajstić information content (AvgIpc) is 2.27. The number of hydrogen-bond donors (Lipinski definition) is 0. The van der Waals surface area contributed by atoms with Crippen molar-refractivity contribution in [3.63, 3.8) is 0 Å². The molecule has 0 radical (unpaired) electrons. The highest BCUT2D eigenvalue weighted by Crippen LogP contribution is 2.30. The van der Waals surface area contributed by atoms with Crippen molar-refractivity contribution in [3.05, 3.63) is 31.9 Å². The molecule has 0 amide bonds. The third-order valence-corrected chi connectivity index (χ3v) is 2.64. The van der Waals surface area contributed by atoms with E-state index in [0.29, 0.717) is 0 Å². The maximum atomic E-state index is 12.5. The summed E-state index contributed by atoms with van der Waals surface area (Å²) in [5.74, 6) is -1.50. The lowest BCUT2D eigenvalue weighted by Gasteiger charge is -2.04. The van der Waals surface area contributed by atoms with Crippen molar-refractivity contribution in [1.29, 1.82) is 0 Å². The maximum absolute atomic E-state index is 12.5. The monoisotopic (exact) mass is 324 g/mol. The molecule has 0 fully saturated rings. The molecule has 9 heteroatoms. The quantitative estimate of drug-likeness (QED) is 0.482. The van der Waals surface area contributed by atoms with E-state index in [1.807, 2.05) is 0 Å². The van der Waals surface area contributed by atoms with Gasteiger partial charge in [-0.3, -0.25) is 4.79 Å². The highest BCUT2D eigenvalue weighted by atomic mass is 79.9. The number of methoxy groups -OCH3 is 1. The number of esters is 1. The van der Waals surface area contributed by atoms with Gasteiger partial charge in [-0.15, -0.1) is 0 Å². The van der Waals surface area contributed by atoms with E-state index in [1.54, 1.807) is 0 Å². The third kappa shape index (κ3) is 3.19. The molecule has 0 aliphatic carbocycles. The Hall–Kier alpha value is -1.64. The Morgan fingerprint density at radius 3 is 2.72 bits per heavy atom. The summed E-state index contributed by atoms with van der Waals surface area (Å²) in [7, 11) is 1.12. The summed E-state index contributed by atoms with van der Waals surface area (Å²) < 4.78 is 29.3. The fourth-order valence-electron chi connectivity index (χ4n) is 1.20. The van der Waals surface area contributed by atoms with Crippen molar-refractivity contribution in [3.8, 4) is 0 Å². The summed E-state index contributed by atoms with van der Waals surface area (Å²) in [6, 6.07) is 1.07. The average molecular weight is 325 g/mol. The Bertz CT molecular complexity index is 496. The first-order valence-corrected chi connectivity index (χ1v) is 5.34.